The molecule has 0 aliphatic carbocycles. The summed E-state index contributed by atoms with van der Waals surface area (Å²) < 4.78 is 26.7. The lowest BCUT2D eigenvalue weighted by atomic mass is 10.2. The molecule has 2 heterocycles. The van der Waals surface area contributed by atoms with Crippen LogP contribution in [0.25, 0.3) is 10.9 Å². The summed E-state index contributed by atoms with van der Waals surface area (Å²) in [5.41, 5.74) is 0.530. The molecule has 0 saturated heterocycles. The third-order valence-corrected chi connectivity index (χ3v) is 4.69. The number of H-pyrrole nitrogens is 1. The van der Waals surface area contributed by atoms with Gasteiger partial charge in [-0.1, -0.05) is 28.3 Å². The fraction of sp³-hybridized carbons (Fsp3) is 0. The van der Waals surface area contributed by atoms with Crippen LogP contribution in [-0.2, 0) is 10.0 Å². The molecule has 3 aromatic rings. The van der Waals surface area contributed by atoms with Crippen molar-refractivity contribution in [3.05, 3.63) is 34.4 Å². The van der Waals surface area contributed by atoms with E-state index in [1.807, 2.05) is 0 Å². The molecule has 3 rings (SSSR count). The topological polar surface area (TPSA) is 114 Å². The molecule has 0 bridgehead atoms. The van der Waals surface area contributed by atoms with Crippen LogP contribution in [0.2, 0.25) is 10.0 Å². The van der Waals surface area contributed by atoms with E-state index in [2.05, 4.69) is 30.3 Å². The van der Waals surface area contributed by atoms with E-state index in [0.717, 1.165) is 6.20 Å². The highest BCUT2D eigenvalue weighted by Crippen LogP contribution is 2.31. The van der Waals surface area contributed by atoms with Crippen molar-refractivity contribution in [2.45, 2.75) is 4.90 Å². The molecule has 11 heteroatoms. The molecule has 0 amide bonds. The van der Waals surface area contributed by atoms with Crippen LogP contribution in [0.15, 0.2) is 29.3 Å². The predicted octanol–water partition coefficient (Wildman–Crippen LogP) is 1.86. The molecule has 21 heavy (non-hydrogen) atoms. The van der Waals surface area contributed by atoms with Crippen molar-refractivity contribution in [3.63, 3.8) is 0 Å². The van der Waals surface area contributed by atoms with Gasteiger partial charge in [0.2, 0.25) is 0 Å². The standard InChI is InChI=1S/C10H6Cl2N6O2S/c11-5-1-2-7-6(3-5)9(12)8(4-13-7)21(19,20)16-10-14-17-18-15-10/h1-4H,(H2,14,15,16,17,18). The number of benzene rings is 1. The van der Waals surface area contributed by atoms with Gasteiger partial charge in [0.05, 0.1) is 10.5 Å². The number of nitrogens with zero attached hydrogens (tertiary/aromatic N) is 4. The monoisotopic (exact) mass is 344 g/mol. The Morgan fingerprint density at radius 3 is 2.76 bits per heavy atom. The number of rotatable bonds is 3. The Balaban J connectivity index is 2.14. The SMILES string of the molecule is O=S(=O)(Nc1nn[nH]n1)c1cnc2ccc(Cl)cc2c1Cl. The summed E-state index contributed by atoms with van der Waals surface area (Å²) in [7, 11) is -3.99. The molecule has 0 saturated carbocycles. The van der Waals surface area contributed by atoms with Crippen LogP contribution in [-0.4, -0.2) is 34.0 Å². The van der Waals surface area contributed by atoms with E-state index in [4.69, 9.17) is 23.2 Å². The molecule has 0 unspecified atom stereocenters. The minimum atomic E-state index is -3.99. The summed E-state index contributed by atoms with van der Waals surface area (Å²) in [6.07, 6.45) is 1.15. The van der Waals surface area contributed by atoms with Crippen LogP contribution in [0, 0.1) is 0 Å². The number of aromatic amines is 1. The van der Waals surface area contributed by atoms with Gasteiger partial charge < -0.3 is 0 Å². The maximum atomic E-state index is 12.3. The van der Waals surface area contributed by atoms with Gasteiger partial charge in [-0.2, -0.15) is 5.21 Å². The molecule has 2 aromatic heterocycles. The van der Waals surface area contributed by atoms with Gasteiger partial charge >= 0.3 is 0 Å². The molecule has 0 fully saturated rings. The first-order chi connectivity index (χ1) is 9.97. The summed E-state index contributed by atoms with van der Waals surface area (Å²) >= 11 is 12.0. The second kappa shape index (κ2) is 5.10. The van der Waals surface area contributed by atoms with Gasteiger partial charge in [-0.15, -0.1) is 5.10 Å². The number of tetrazole rings is 1. The largest absolute Gasteiger partial charge is 0.276 e. The van der Waals surface area contributed by atoms with Crippen molar-refractivity contribution in [1.82, 2.24) is 25.6 Å². The maximum Gasteiger partial charge on any atom is 0.276 e. The molecule has 0 atom stereocenters. The van der Waals surface area contributed by atoms with E-state index in [9.17, 15) is 8.42 Å². The van der Waals surface area contributed by atoms with Gasteiger partial charge in [-0.25, -0.2) is 13.1 Å². The van der Waals surface area contributed by atoms with E-state index in [0.29, 0.717) is 15.9 Å². The van der Waals surface area contributed by atoms with Crippen LogP contribution in [0.5, 0.6) is 0 Å². The Hall–Kier alpha value is -1.97. The number of anilines is 1. The Morgan fingerprint density at radius 2 is 2.05 bits per heavy atom. The van der Waals surface area contributed by atoms with Crippen LogP contribution in [0.4, 0.5) is 5.95 Å². The Bertz CT molecular complexity index is 913. The Kier molecular flexibility index (Phi) is 3.40. The molecule has 0 radical (unpaired) electrons. The average molecular weight is 345 g/mol. The smallest absolute Gasteiger partial charge is 0.255 e. The molecule has 108 valence electrons. The zero-order valence-electron chi connectivity index (χ0n) is 10.1. The third kappa shape index (κ3) is 2.62. The van der Waals surface area contributed by atoms with Crippen LogP contribution in [0.3, 0.4) is 0 Å². The fourth-order valence-electron chi connectivity index (χ4n) is 1.68. The zero-order chi connectivity index (χ0) is 15.0. The number of halogens is 2. The van der Waals surface area contributed by atoms with E-state index in [-0.39, 0.29) is 15.9 Å². The first-order valence-corrected chi connectivity index (χ1v) is 7.71. The van der Waals surface area contributed by atoms with Crippen molar-refractivity contribution < 1.29 is 8.42 Å². The van der Waals surface area contributed by atoms with Crippen LogP contribution < -0.4 is 4.72 Å². The number of pyridine rings is 1. The van der Waals surface area contributed by atoms with Gasteiger partial charge in [-0.05, 0) is 23.4 Å². The van der Waals surface area contributed by atoms with Gasteiger partial charge in [-0.3, -0.25) is 4.98 Å². The number of hydrogen-bond acceptors (Lipinski definition) is 6. The number of hydrogen-bond donors (Lipinski definition) is 2. The lowest BCUT2D eigenvalue weighted by Gasteiger charge is -2.08. The van der Waals surface area contributed by atoms with Gasteiger partial charge in [0.25, 0.3) is 16.0 Å². The van der Waals surface area contributed by atoms with Crippen molar-refractivity contribution in [1.29, 1.82) is 0 Å². The number of sulfonamides is 1. The molecule has 2 N–H and O–H groups in total. The van der Waals surface area contributed by atoms with Crippen molar-refractivity contribution in [2.24, 2.45) is 0 Å². The van der Waals surface area contributed by atoms with Crippen molar-refractivity contribution in [3.8, 4) is 0 Å². The van der Waals surface area contributed by atoms with Crippen molar-refractivity contribution >= 4 is 50.1 Å². The van der Waals surface area contributed by atoms with Gasteiger partial charge in [0, 0.05) is 16.6 Å². The minimum Gasteiger partial charge on any atom is -0.255 e. The number of fused-ring (bicyclic) bond motifs is 1. The van der Waals surface area contributed by atoms with E-state index in [1.165, 1.54) is 0 Å². The first-order valence-electron chi connectivity index (χ1n) is 5.47. The van der Waals surface area contributed by atoms with E-state index in [1.54, 1.807) is 18.2 Å². The molecule has 0 aliphatic rings. The number of nitrogens with one attached hydrogen (secondary N) is 2. The van der Waals surface area contributed by atoms with Gasteiger partial charge in [0.15, 0.2) is 0 Å². The summed E-state index contributed by atoms with van der Waals surface area (Å²) in [5, 5.41) is 13.3. The number of aromatic nitrogens is 5. The molecule has 0 spiro atoms. The average Bonchev–Trinajstić information content (AvgIpc) is 2.91. The summed E-state index contributed by atoms with van der Waals surface area (Å²) in [6, 6.07) is 4.82. The molecular formula is C10H6Cl2N6O2S. The summed E-state index contributed by atoms with van der Waals surface area (Å²) in [6.45, 7) is 0. The Morgan fingerprint density at radius 1 is 1.24 bits per heavy atom. The lowest BCUT2D eigenvalue weighted by Crippen LogP contribution is -2.15. The second-order valence-electron chi connectivity index (χ2n) is 3.94. The van der Waals surface area contributed by atoms with Crippen molar-refractivity contribution in [2.75, 3.05) is 4.72 Å². The fourth-order valence-corrected chi connectivity index (χ4v) is 3.33. The van der Waals surface area contributed by atoms with E-state index >= 15 is 0 Å². The third-order valence-electron chi connectivity index (χ3n) is 2.59. The summed E-state index contributed by atoms with van der Waals surface area (Å²) in [4.78, 5) is 3.85. The first kappa shape index (κ1) is 14.0. The highest BCUT2D eigenvalue weighted by Gasteiger charge is 2.22. The normalized spacial score (nSPS) is 11.7. The lowest BCUT2D eigenvalue weighted by molar-refractivity contribution is 0.600. The highest BCUT2D eigenvalue weighted by atomic mass is 35.5. The quantitative estimate of drug-likeness (QED) is 0.749. The van der Waals surface area contributed by atoms with Gasteiger partial charge in [0.1, 0.15) is 4.90 Å². The molecule has 8 nitrogen and oxygen atoms in total. The van der Waals surface area contributed by atoms with Crippen LogP contribution >= 0.6 is 23.2 Å². The molecular weight excluding hydrogens is 339 g/mol. The Labute approximate surface area is 128 Å². The predicted molar refractivity (Wildman–Crippen MR) is 76.7 cm³/mol. The maximum absolute atomic E-state index is 12.3. The second-order valence-corrected chi connectivity index (χ2v) is 6.40. The van der Waals surface area contributed by atoms with E-state index < -0.39 is 10.0 Å². The highest BCUT2D eigenvalue weighted by molar-refractivity contribution is 7.92. The molecule has 1 aromatic carbocycles. The molecule has 0 aliphatic heterocycles. The van der Waals surface area contributed by atoms with Crippen LogP contribution in [0.1, 0.15) is 0 Å². The minimum absolute atomic E-state index is 0.0125. The summed E-state index contributed by atoms with van der Waals surface area (Å²) in [5.74, 6) is -0.197. The zero-order valence-corrected chi connectivity index (χ0v) is 12.4.